The van der Waals surface area contributed by atoms with Crippen molar-refractivity contribution in [2.75, 3.05) is 0 Å². The van der Waals surface area contributed by atoms with E-state index >= 15 is 0 Å². The van der Waals surface area contributed by atoms with Gasteiger partial charge in [0.1, 0.15) is 17.4 Å². The molecule has 0 aliphatic heterocycles. The molecule has 3 heteroatoms. The van der Waals surface area contributed by atoms with Crippen molar-refractivity contribution in [3.05, 3.63) is 35.4 Å². The van der Waals surface area contributed by atoms with Crippen LogP contribution >= 0.6 is 0 Å². The summed E-state index contributed by atoms with van der Waals surface area (Å²) in [6.07, 6.45) is 5.89. The fourth-order valence-corrected chi connectivity index (χ4v) is 5.44. The van der Waals surface area contributed by atoms with Gasteiger partial charge in [0, 0.05) is 17.9 Å². The molecule has 0 saturated heterocycles. The zero-order chi connectivity index (χ0) is 14.6. The molecule has 112 valence electrons. The van der Waals surface area contributed by atoms with Gasteiger partial charge in [-0.2, -0.15) is 0 Å². The summed E-state index contributed by atoms with van der Waals surface area (Å²) in [5.74, 6) is 1.50. The van der Waals surface area contributed by atoms with Crippen LogP contribution in [-0.4, -0.2) is 5.78 Å². The van der Waals surface area contributed by atoms with Gasteiger partial charge in [-0.3, -0.25) is 4.79 Å². The van der Waals surface area contributed by atoms with Gasteiger partial charge >= 0.3 is 0 Å². The molecule has 4 saturated carbocycles. The molecule has 0 spiro atoms. The Morgan fingerprint density at radius 3 is 2.00 bits per heavy atom. The average Bonchev–Trinajstić information content (AvgIpc) is 2.42. The molecule has 0 unspecified atom stereocenters. The highest BCUT2D eigenvalue weighted by atomic mass is 19.1. The molecule has 0 atom stereocenters. The fourth-order valence-electron chi connectivity index (χ4n) is 5.44. The number of carbonyl (C=O) groups is 1. The van der Waals surface area contributed by atoms with Crippen molar-refractivity contribution in [3.8, 4) is 0 Å². The van der Waals surface area contributed by atoms with E-state index < -0.39 is 11.6 Å². The van der Waals surface area contributed by atoms with E-state index in [1.165, 1.54) is 24.6 Å². The molecule has 1 aromatic rings. The Balaban J connectivity index is 1.55. The van der Waals surface area contributed by atoms with Crippen LogP contribution in [0.25, 0.3) is 0 Å². The van der Waals surface area contributed by atoms with Crippen molar-refractivity contribution in [2.45, 2.75) is 38.5 Å². The van der Waals surface area contributed by atoms with Gasteiger partial charge in [0.15, 0.2) is 0 Å². The van der Waals surface area contributed by atoms with Crippen LogP contribution < -0.4 is 0 Å². The average molecular weight is 290 g/mol. The zero-order valence-corrected chi connectivity index (χ0v) is 12.0. The molecule has 0 aromatic heterocycles. The maximum atomic E-state index is 13.7. The number of ketones is 1. The zero-order valence-electron chi connectivity index (χ0n) is 12.0. The normalized spacial score (nSPS) is 37.0. The van der Waals surface area contributed by atoms with Crippen molar-refractivity contribution in [1.82, 2.24) is 0 Å². The predicted molar refractivity (Wildman–Crippen MR) is 75.6 cm³/mol. The smallest absolute Gasteiger partial charge is 0.141 e. The molecule has 0 amide bonds. The van der Waals surface area contributed by atoms with Crippen molar-refractivity contribution < 1.29 is 13.6 Å². The standard InChI is InChI=1S/C18H20F2O/c19-15-2-1-3-16(20)14(15)9-17(21)18-12-5-10-4-11(7-12)8-13(18)6-10/h1-3,10-13,18H,4-9H2. The lowest BCUT2D eigenvalue weighted by molar-refractivity contribution is -0.135. The van der Waals surface area contributed by atoms with Crippen LogP contribution in [0.3, 0.4) is 0 Å². The fraction of sp³-hybridized carbons (Fsp3) is 0.611. The first-order chi connectivity index (χ1) is 10.1. The number of rotatable bonds is 3. The largest absolute Gasteiger partial charge is 0.299 e. The van der Waals surface area contributed by atoms with Gasteiger partial charge in [0.25, 0.3) is 0 Å². The second-order valence-electron chi connectivity index (χ2n) is 7.30. The van der Waals surface area contributed by atoms with Gasteiger partial charge in [-0.05, 0) is 67.9 Å². The summed E-state index contributed by atoms with van der Waals surface area (Å²) in [4.78, 5) is 12.7. The predicted octanol–water partition coefficient (Wildman–Crippen LogP) is 4.15. The van der Waals surface area contributed by atoms with E-state index in [4.69, 9.17) is 0 Å². The topological polar surface area (TPSA) is 17.1 Å². The minimum absolute atomic E-state index is 0.0451. The molecule has 1 nitrogen and oxygen atoms in total. The van der Waals surface area contributed by atoms with E-state index in [0.29, 0.717) is 11.8 Å². The Kier molecular flexibility index (Phi) is 3.13. The Morgan fingerprint density at radius 2 is 1.48 bits per heavy atom. The van der Waals surface area contributed by atoms with E-state index in [0.717, 1.165) is 37.5 Å². The van der Waals surface area contributed by atoms with E-state index in [9.17, 15) is 13.6 Å². The summed E-state index contributed by atoms with van der Waals surface area (Å²) in [6, 6.07) is 3.83. The third kappa shape index (κ3) is 2.21. The summed E-state index contributed by atoms with van der Waals surface area (Å²) in [6.45, 7) is 0. The van der Waals surface area contributed by atoms with Crippen molar-refractivity contribution in [2.24, 2.45) is 29.6 Å². The first-order valence-electron chi connectivity index (χ1n) is 8.07. The van der Waals surface area contributed by atoms with Gasteiger partial charge in [-0.15, -0.1) is 0 Å². The molecule has 0 radical (unpaired) electrons. The molecular weight excluding hydrogens is 270 g/mol. The Morgan fingerprint density at radius 1 is 0.952 bits per heavy atom. The molecule has 4 aliphatic rings. The van der Waals surface area contributed by atoms with Gasteiger partial charge < -0.3 is 0 Å². The van der Waals surface area contributed by atoms with Crippen molar-refractivity contribution in [3.63, 3.8) is 0 Å². The number of halogens is 2. The Hall–Kier alpha value is -1.25. The van der Waals surface area contributed by atoms with Gasteiger partial charge in [0.2, 0.25) is 0 Å². The van der Waals surface area contributed by atoms with E-state index in [-0.39, 0.29) is 23.7 Å². The van der Waals surface area contributed by atoms with Crippen LogP contribution in [-0.2, 0) is 11.2 Å². The quantitative estimate of drug-likeness (QED) is 0.817. The van der Waals surface area contributed by atoms with E-state index in [1.807, 2.05) is 0 Å². The number of Topliss-reactive ketones (excluding diaryl/α,β-unsaturated/α-hetero) is 1. The van der Waals surface area contributed by atoms with Gasteiger partial charge in [-0.1, -0.05) is 6.07 Å². The molecule has 21 heavy (non-hydrogen) atoms. The SMILES string of the molecule is O=C(Cc1c(F)cccc1F)C1C2CC3CC(C2)CC1C3. The summed E-state index contributed by atoms with van der Waals surface area (Å²) in [7, 11) is 0. The molecule has 5 rings (SSSR count). The summed E-state index contributed by atoms with van der Waals surface area (Å²) >= 11 is 0. The van der Waals surface area contributed by atoms with Crippen LogP contribution in [0.2, 0.25) is 0 Å². The molecule has 4 aliphatic carbocycles. The maximum Gasteiger partial charge on any atom is 0.141 e. The highest BCUT2D eigenvalue weighted by Crippen LogP contribution is 2.56. The summed E-state index contributed by atoms with van der Waals surface area (Å²) in [5, 5.41) is 0. The van der Waals surface area contributed by atoms with Crippen molar-refractivity contribution >= 4 is 5.78 Å². The minimum atomic E-state index is -0.591. The third-order valence-corrected chi connectivity index (χ3v) is 6.01. The minimum Gasteiger partial charge on any atom is -0.299 e. The van der Waals surface area contributed by atoms with Crippen LogP contribution in [0.15, 0.2) is 18.2 Å². The molecule has 1 aromatic carbocycles. The Labute approximate surface area is 123 Å². The van der Waals surface area contributed by atoms with Crippen molar-refractivity contribution in [1.29, 1.82) is 0 Å². The number of benzene rings is 1. The first-order valence-corrected chi connectivity index (χ1v) is 8.07. The lowest BCUT2D eigenvalue weighted by Crippen LogP contribution is -2.48. The Bertz CT molecular complexity index is 532. The third-order valence-electron chi connectivity index (χ3n) is 6.01. The van der Waals surface area contributed by atoms with E-state index in [1.54, 1.807) is 0 Å². The molecule has 4 fully saturated rings. The van der Waals surface area contributed by atoms with Crippen LogP contribution in [0.4, 0.5) is 8.78 Å². The molecule has 0 heterocycles. The number of hydrogen-bond donors (Lipinski definition) is 0. The van der Waals surface area contributed by atoms with Crippen LogP contribution in [0.5, 0.6) is 0 Å². The van der Waals surface area contributed by atoms with E-state index in [2.05, 4.69) is 0 Å². The second-order valence-corrected chi connectivity index (χ2v) is 7.30. The monoisotopic (exact) mass is 290 g/mol. The first kappa shape index (κ1) is 13.4. The maximum absolute atomic E-state index is 13.7. The lowest BCUT2D eigenvalue weighted by atomic mass is 9.51. The highest BCUT2D eigenvalue weighted by Gasteiger charge is 2.50. The number of carbonyl (C=O) groups excluding carboxylic acids is 1. The van der Waals surface area contributed by atoms with Crippen LogP contribution in [0.1, 0.15) is 37.7 Å². The molecule has 4 bridgehead atoms. The van der Waals surface area contributed by atoms with Gasteiger partial charge in [-0.25, -0.2) is 8.78 Å². The summed E-state index contributed by atoms with van der Waals surface area (Å²) in [5.41, 5.74) is -0.0451. The van der Waals surface area contributed by atoms with Crippen LogP contribution in [0, 0.1) is 41.2 Å². The summed E-state index contributed by atoms with van der Waals surface area (Å²) < 4.78 is 27.5. The molecule has 0 N–H and O–H groups in total. The lowest BCUT2D eigenvalue weighted by Gasteiger charge is -2.53. The van der Waals surface area contributed by atoms with Gasteiger partial charge in [0.05, 0.1) is 0 Å². The second kappa shape index (κ2) is 4.89. The highest BCUT2D eigenvalue weighted by molar-refractivity contribution is 5.84. The molecular formula is C18H20F2O. The number of hydrogen-bond acceptors (Lipinski definition) is 1.